The van der Waals surface area contributed by atoms with E-state index in [2.05, 4.69) is 73.1 Å². The molecule has 0 aliphatic rings. The van der Waals surface area contributed by atoms with Crippen LogP contribution in [0.1, 0.15) is 37.5 Å². The quantitative estimate of drug-likeness (QED) is 0.624. The lowest BCUT2D eigenvalue weighted by atomic mass is 10.00. The Hall–Kier alpha value is -1.08. The van der Waals surface area contributed by atoms with Crippen LogP contribution in [0.25, 0.3) is 11.6 Å². The Balaban J connectivity index is 3.17. The van der Waals surface area contributed by atoms with Crippen molar-refractivity contribution in [2.45, 2.75) is 27.7 Å². The van der Waals surface area contributed by atoms with Crippen LogP contribution in [0, 0.1) is 6.92 Å². The molecule has 0 aromatic heterocycles. The van der Waals surface area contributed by atoms with Gasteiger partial charge in [-0.2, -0.15) is 0 Å². The molecule has 0 N–H and O–H groups in total. The van der Waals surface area contributed by atoms with Gasteiger partial charge in [-0.15, -0.1) is 0 Å². The van der Waals surface area contributed by atoms with Crippen molar-refractivity contribution in [3.05, 3.63) is 57.6 Å². The second kappa shape index (κ2) is 6.61. The van der Waals surface area contributed by atoms with Crippen LogP contribution < -0.4 is 0 Å². The summed E-state index contributed by atoms with van der Waals surface area (Å²) >= 11 is 3.48. The maximum atomic E-state index is 3.48. The summed E-state index contributed by atoms with van der Waals surface area (Å²) in [6.07, 6.45) is 8.41. The van der Waals surface area contributed by atoms with E-state index in [-0.39, 0.29) is 0 Å². The number of rotatable bonds is 3. The van der Waals surface area contributed by atoms with Crippen LogP contribution in [-0.4, -0.2) is 0 Å². The summed E-state index contributed by atoms with van der Waals surface area (Å²) in [7, 11) is 0. The Morgan fingerprint density at radius 3 is 2.53 bits per heavy atom. The van der Waals surface area contributed by atoms with E-state index in [9.17, 15) is 0 Å². The lowest BCUT2D eigenvalue weighted by Crippen LogP contribution is -1.86. The number of hydrogen-bond donors (Lipinski definition) is 0. The minimum Gasteiger partial charge on any atom is -0.0877 e. The van der Waals surface area contributed by atoms with Gasteiger partial charge in [-0.05, 0) is 66.6 Å². The highest BCUT2D eigenvalue weighted by molar-refractivity contribution is 9.11. The first kappa shape index (κ1) is 14.0. The molecule has 0 nitrogen and oxygen atoms in total. The van der Waals surface area contributed by atoms with Crippen molar-refractivity contribution in [1.82, 2.24) is 0 Å². The first-order valence-electron chi connectivity index (χ1n) is 5.79. The molecule has 1 rings (SSSR count). The molecule has 1 aromatic carbocycles. The highest BCUT2D eigenvalue weighted by atomic mass is 79.9. The molecule has 0 radical (unpaired) electrons. The monoisotopic (exact) mass is 290 g/mol. The van der Waals surface area contributed by atoms with Gasteiger partial charge in [0.25, 0.3) is 0 Å². The average molecular weight is 291 g/mol. The van der Waals surface area contributed by atoms with E-state index in [1.807, 2.05) is 13.0 Å². The molecule has 1 heteroatoms. The predicted octanol–water partition coefficient (Wildman–Crippen LogP) is 5.73. The fourth-order valence-corrected chi connectivity index (χ4v) is 1.84. The first-order valence-corrected chi connectivity index (χ1v) is 6.58. The fourth-order valence-electron chi connectivity index (χ4n) is 1.59. The smallest absolute Gasteiger partial charge is 0.00744 e. The van der Waals surface area contributed by atoms with E-state index in [0.717, 1.165) is 4.48 Å². The zero-order valence-corrected chi connectivity index (χ0v) is 12.5. The van der Waals surface area contributed by atoms with E-state index >= 15 is 0 Å². The maximum absolute atomic E-state index is 3.48. The Morgan fingerprint density at radius 1 is 1.24 bits per heavy atom. The minimum absolute atomic E-state index is 1.15. The molecule has 0 saturated heterocycles. The van der Waals surface area contributed by atoms with Crippen LogP contribution in [0.5, 0.6) is 0 Å². The molecule has 0 unspecified atom stereocenters. The maximum Gasteiger partial charge on any atom is -0.00744 e. The van der Waals surface area contributed by atoms with Gasteiger partial charge in [0.15, 0.2) is 0 Å². The number of allylic oxidation sites excluding steroid dienone is 5. The summed E-state index contributed by atoms with van der Waals surface area (Å²) < 4.78 is 1.15. The standard InChI is InChI=1S/C16H19Br/c1-5-6-7-12(2)15-9-8-13(3)16(11-15)10-14(4)17/h5-11H,1-4H3/b6-5-,12-7+,14-10+. The van der Waals surface area contributed by atoms with Gasteiger partial charge in [0, 0.05) is 0 Å². The Morgan fingerprint density at radius 2 is 1.94 bits per heavy atom. The van der Waals surface area contributed by atoms with Crippen LogP contribution in [0.2, 0.25) is 0 Å². The molecule has 0 spiro atoms. The van der Waals surface area contributed by atoms with E-state index in [4.69, 9.17) is 0 Å². The second-order valence-electron chi connectivity index (χ2n) is 4.18. The highest BCUT2D eigenvalue weighted by Gasteiger charge is 1.99. The molecule has 0 saturated carbocycles. The van der Waals surface area contributed by atoms with Crippen molar-refractivity contribution in [3.63, 3.8) is 0 Å². The van der Waals surface area contributed by atoms with E-state index in [0.29, 0.717) is 0 Å². The van der Waals surface area contributed by atoms with Gasteiger partial charge >= 0.3 is 0 Å². The molecule has 0 heterocycles. The average Bonchev–Trinajstić information content (AvgIpc) is 2.28. The lowest BCUT2D eigenvalue weighted by Gasteiger charge is -2.06. The summed E-state index contributed by atoms with van der Waals surface area (Å²) in [6, 6.07) is 6.57. The van der Waals surface area contributed by atoms with Crippen molar-refractivity contribution in [2.24, 2.45) is 0 Å². The molecule has 0 fully saturated rings. The molecule has 0 bridgehead atoms. The van der Waals surface area contributed by atoms with E-state index in [1.54, 1.807) is 0 Å². The van der Waals surface area contributed by atoms with Crippen LogP contribution in [0.15, 0.2) is 40.9 Å². The van der Waals surface area contributed by atoms with Crippen molar-refractivity contribution < 1.29 is 0 Å². The molecule has 0 amide bonds. The summed E-state index contributed by atoms with van der Waals surface area (Å²) in [5, 5.41) is 0. The number of aryl methyl sites for hydroxylation is 1. The summed E-state index contributed by atoms with van der Waals surface area (Å²) in [6.45, 7) is 8.35. The van der Waals surface area contributed by atoms with Crippen molar-refractivity contribution in [1.29, 1.82) is 0 Å². The molecule has 17 heavy (non-hydrogen) atoms. The third kappa shape index (κ3) is 4.35. The lowest BCUT2D eigenvalue weighted by molar-refractivity contribution is 1.41. The molecular formula is C16H19Br. The summed E-state index contributed by atoms with van der Waals surface area (Å²) in [5.74, 6) is 0. The van der Waals surface area contributed by atoms with Gasteiger partial charge in [0.05, 0.1) is 0 Å². The molecule has 1 aromatic rings. The van der Waals surface area contributed by atoms with Gasteiger partial charge in [0.1, 0.15) is 0 Å². The molecule has 0 aliphatic heterocycles. The minimum atomic E-state index is 1.15. The topological polar surface area (TPSA) is 0 Å². The van der Waals surface area contributed by atoms with Gasteiger partial charge < -0.3 is 0 Å². The van der Waals surface area contributed by atoms with Gasteiger partial charge in [-0.1, -0.05) is 46.3 Å². The van der Waals surface area contributed by atoms with Gasteiger partial charge in [-0.25, -0.2) is 0 Å². The van der Waals surface area contributed by atoms with E-state index in [1.165, 1.54) is 22.3 Å². The van der Waals surface area contributed by atoms with Crippen molar-refractivity contribution >= 4 is 27.6 Å². The molecular weight excluding hydrogens is 272 g/mol. The zero-order valence-electron chi connectivity index (χ0n) is 10.9. The Labute approximate surface area is 113 Å². The first-order chi connectivity index (χ1) is 8.04. The second-order valence-corrected chi connectivity index (χ2v) is 5.43. The van der Waals surface area contributed by atoms with Crippen molar-refractivity contribution in [2.75, 3.05) is 0 Å². The fraction of sp³-hybridized carbons (Fsp3) is 0.250. The Bertz CT molecular complexity index is 472. The SMILES string of the molecule is C/C=C\C=C(/C)c1ccc(C)c(/C=C(\C)Br)c1. The van der Waals surface area contributed by atoms with Crippen LogP contribution in [0.4, 0.5) is 0 Å². The molecule has 0 aliphatic carbocycles. The van der Waals surface area contributed by atoms with E-state index < -0.39 is 0 Å². The van der Waals surface area contributed by atoms with Crippen LogP contribution in [0.3, 0.4) is 0 Å². The molecule has 90 valence electrons. The normalized spacial score (nSPS) is 13.5. The van der Waals surface area contributed by atoms with Crippen molar-refractivity contribution in [3.8, 4) is 0 Å². The van der Waals surface area contributed by atoms with Gasteiger partial charge in [0.2, 0.25) is 0 Å². The number of benzene rings is 1. The summed E-state index contributed by atoms with van der Waals surface area (Å²) in [4.78, 5) is 0. The van der Waals surface area contributed by atoms with Gasteiger partial charge in [-0.3, -0.25) is 0 Å². The zero-order chi connectivity index (χ0) is 12.8. The largest absolute Gasteiger partial charge is 0.0877 e. The predicted molar refractivity (Wildman–Crippen MR) is 82.2 cm³/mol. The van der Waals surface area contributed by atoms with Crippen LogP contribution in [-0.2, 0) is 0 Å². The number of halogens is 1. The third-order valence-corrected chi connectivity index (χ3v) is 2.86. The third-order valence-electron chi connectivity index (χ3n) is 2.63. The highest BCUT2D eigenvalue weighted by Crippen LogP contribution is 2.21. The van der Waals surface area contributed by atoms with Crippen LogP contribution >= 0.6 is 15.9 Å². The Kier molecular flexibility index (Phi) is 5.43. The molecule has 0 atom stereocenters. The summed E-state index contributed by atoms with van der Waals surface area (Å²) in [5.41, 5.74) is 5.12. The number of hydrogen-bond acceptors (Lipinski definition) is 0.